The van der Waals surface area contributed by atoms with Crippen LogP contribution in [0.1, 0.15) is 43.5 Å². The van der Waals surface area contributed by atoms with Gasteiger partial charge in [0.1, 0.15) is 0 Å². The Bertz CT molecular complexity index is 327. The molecule has 0 radical (unpaired) electrons. The lowest BCUT2D eigenvalue weighted by Crippen LogP contribution is -2.27. The maximum absolute atomic E-state index is 5.74. The van der Waals surface area contributed by atoms with Crippen molar-refractivity contribution in [1.82, 2.24) is 4.98 Å². The fourth-order valence-corrected chi connectivity index (χ4v) is 2.80. The number of aryl methyl sites for hydroxylation is 1. The molecule has 1 aromatic rings. The number of aromatic nitrogens is 1. The molecular formula is C13H20N2. The molecule has 1 fully saturated rings. The van der Waals surface area contributed by atoms with Gasteiger partial charge in [-0.2, -0.15) is 0 Å². The van der Waals surface area contributed by atoms with Gasteiger partial charge in [0.2, 0.25) is 0 Å². The SMILES string of the molecule is Cc1cccc(C2(CCN)CCCC2)n1. The highest BCUT2D eigenvalue weighted by molar-refractivity contribution is 5.21. The zero-order valence-corrected chi connectivity index (χ0v) is 9.50. The monoisotopic (exact) mass is 204 g/mol. The van der Waals surface area contributed by atoms with Gasteiger partial charge in [0, 0.05) is 16.8 Å². The average molecular weight is 204 g/mol. The summed E-state index contributed by atoms with van der Waals surface area (Å²) in [6, 6.07) is 6.36. The van der Waals surface area contributed by atoms with E-state index in [4.69, 9.17) is 10.7 Å². The maximum Gasteiger partial charge on any atom is 0.0469 e. The summed E-state index contributed by atoms with van der Waals surface area (Å²) in [6.45, 7) is 2.84. The van der Waals surface area contributed by atoms with E-state index in [-0.39, 0.29) is 0 Å². The number of hydrogen-bond acceptors (Lipinski definition) is 2. The van der Waals surface area contributed by atoms with Gasteiger partial charge < -0.3 is 5.73 Å². The number of nitrogens with two attached hydrogens (primary N) is 1. The summed E-state index contributed by atoms with van der Waals surface area (Å²) in [6.07, 6.45) is 6.27. The predicted molar refractivity (Wildman–Crippen MR) is 62.8 cm³/mol. The molecule has 0 spiro atoms. The highest BCUT2D eigenvalue weighted by atomic mass is 14.7. The predicted octanol–water partition coefficient (Wildman–Crippen LogP) is 2.55. The van der Waals surface area contributed by atoms with Gasteiger partial charge in [0.15, 0.2) is 0 Å². The lowest BCUT2D eigenvalue weighted by molar-refractivity contribution is 0.399. The van der Waals surface area contributed by atoms with Gasteiger partial charge in [-0.1, -0.05) is 18.9 Å². The molecule has 0 unspecified atom stereocenters. The molecule has 0 aromatic carbocycles. The third-order valence-corrected chi connectivity index (χ3v) is 3.62. The van der Waals surface area contributed by atoms with Crippen molar-refractivity contribution in [2.75, 3.05) is 6.54 Å². The van der Waals surface area contributed by atoms with Crippen LogP contribution in [0.3, 0.4) is 0 Å². The topological polar surface area (TPSA) is 38.9 Å². The molecule has 2 N–H and O–H groups in total. The first-order valence-corrected chi connectivity index (χ1v) is 5.91. The number of nitrogens with zero attached hydrogens (tertiary/aromatic N) is 1. The molecule has 1 aliphatic carbocycles. The summed E-state index contributed by atoms with van der Waals surface area (Å²) in [5.41, 5.74) is 8.42. The smallest absolute Gasteiger partial charge is 0.0469 e. The Hall–Kier alpha value is -0.890. The number of pyridine rings is 1. The lowest BCUT2D eigenvalue weighted by Gasteiger charge is -2.28. The minimum Gasteiger partial charge on any atom is -0.330 e. The second kappa shape index (κ2) is 4.31. The van der Waals surface area contributed by atoms with Gasteiger partial charge >= 0.3 is 0 Å². The van der Waals surface area contributed by atoms with E-state index in [9.17, 15) is 0 Å². The van der Waals surface area contributed by atoms with Crippen LogP contribution >= 0.6 is 0 Å². The molecule has 1 saturated carbocycles. The molecule has 82 valence electrons. The van der Waals surface area contributed by atoms with Crippen molar-refractivity contribution in [1.29, 1.82) is 0 Å². The summed E-state index contributed by atoms with van der Waals surface area (Å²) in [5, 5.41) is 0. The first-order chi connectivity index (χ1) is 7.27. The molecule has 1 aromatic heterocycles. The highest BCUT2D eigenvalue weighted by Crippen LogP contribution is 2.42. The first-order valence-electron chi connectivity index (χ1n) is 5.91. The third-order valence-electron chi connectivity index (χ3n) is 3.62. The molecule has 15 heavy (non-hydrogen) atoms. The van der Waals surface area contributed by atoms with Crippen molar-refractivity contribution >= 4 is 0 Å². The molecule has 1 aliphatic rings. The molecule has 0 bridgehead atoms. The Morgan fingerprint density at radius 2 is 2.07 bits per heavy atom. The number of hydrogen-bond donors (Lipinski definition) is 1. The summed E-state index contributed by atoms with van der Waals surface area (Å²) < 4.78 is 0. The van der Waals surface area contributed by atoms with Crippen LogP contribution in [-0.2, 0) is 5.41 Å². The van der Waals surface area contributed by atoms with Gasteiger partial charge in [-0.05, 0) is 44.9 Å². The van der Waals surface area contributed by atoms with Gasteiger partial charge in [-0.15, -0.1) is 0 Å². The van der Waals surface area contributed by atoms with E-state index in [1.165, 1.54) is 31.4 Å². The Labute approximate surface area is 91.9 Å². The van der Waals surface area contributed by atoms with Crippen LogP contribution in [0.4, 0.5) is 0 Å². The second-order valence-electron chi connectivity index (χ2n) is 4.69. The molecule has 2 rings (SSSR count). The van der Waals surface area contributed by atoms with Gasteiger partial charge in [0.05, 0.1) is 0 Å². The van der Waals surface area contributed by atoms with Crippen molar-refractivity contribution < 1.29 is 0 Å². The Balaban J connectivity index is 2.31. The molecule has 0 aliphatic heterocycles. The van der Waals surface area contributed by atoms with Crippen molar-refractivity contribution in [2.45, 2.75) is 44.4 Å². The van der Waals surface area contributed by atoms with Crippen molar-refractivity contribution in [3.8, 4) is 0 Å². The fraction of sp³-hybridized carbons (Fsp3) is 0.615. The molecule has 2 nitrogen and oxygen atoms in total. The zero-order valence-electron chi connectivity index (χ0n) is 9.50. The quantitative estimate of drug-likeness (QED) is 0.821. The van der Waals surface area contributed by atoms with E-state index >= 15 is 0 Å². The van der Waals surface area contributed by atoms with E-state index < -0.39 is 0 Å². The Morgan fingerprint density at radius 1 is 1.33 bits per heavy atom. The highest BCUT2D eigenvalue weighted by Gasteiger charge is 2.35. The molecule has 0 atom stereocenters. The minimum absolute atomic E-state index is 0.292. The fourth-order valence-electron chi connectivity index (χ4n) is 2.80. The van der Waals surface area contributed by atoms with E-state index in [1.807, 2.05) is 0 Å². The second-order valence-corrected chi connectivity index (χ2v) is 4.69. The molecule has 1 heterocycles. The molecule has 0 saturated heterocycles. The normalized spacial score (nSPS) is 19.3. The maximum atomic E-state index is 5.74. The van der Waals surface area contributed by atoms with Crippen molar-refractivity contribution in [2.24, 2.45) is 5.73 Å². The summed E-state index contributed by atoms with van der Waals surface area (Å²) in [7, 11) is 0. The standard InChI is InChI=1S/C13H20N2/c1-11-5-4-6-12(15-11)13(9-10-14)7-2-3-8-13/h4-6H,2-3,7-10,14H2,1H3. The van der Waals surface area contributed by atoms with E-state index in [0.717, 1.165) is 18.7 Å². The molecular weight excluding hydrogens is 184 g/mol. The van der Waals surface area contributed by atoms with Crippen molar-refractivity contribution in [3.63, 3.8) is 0 Å². The van der Waals surface area contributed by atoms with Crippen LogP contribution in [0.5, 0.6) is 0 Å². The largest absolute Gasteiger partial charge is 0.330 e. The summed E-state index contributed by atoms with van der Waals surface area (Å²) >= 11 is 0. The van der Waals surface area contributed by atoms with Crippen LogP contribution in [-0.4, -0.2) is 11.5 Å². The van der Waals surface area contributed by atoms with Crippen LogP contribution < -0.4 is 5.73 Å². The van der Waals surface area contributed by atoms with Crippen LogP contribution in [0.15, 0.2) is 18.2 Å². The van der Waals surface area contributed by atoms with E-state index in [1.54, 1.807) is 0 Å². The van der Waals surface area contributed by atoms with Gasteiger partial charge in [-0.3, -0.25) is 4.98 Å². The molecule has 0 amide bonds. The van der Waals surface area contributed by atoms with E-state index in [0.29, 0.717) is 5.41 Å². The Kier molecular flexibility index (Phi) is 3.06. The first kappa shape index (κ1) is 10.6. The minimum atomic E-state index is 0.292. The zero-order chi connectivity index (χ0) is 10.7. The van der Waals surface area contributed by atoms with Crippen LogP contribution in [0.2, 0.25) is 0 Å². The van der Waals surface area contributed by atoms with E-state index in [2.05, 4.69) is 25.1 Å². The summed E-state index contributed by atoms with van der Waals surface area (Å²) in [5.74, 6) is 0. The van der Waals surface area contributed by atoms with Gasteiger partial charge in [0.25, 0.3) is 0 Å². The third kappa shape index (κ3) is 2.05. The van der Waals surface area contributed by atoms with Crippen LogP contribution in [0.25, 0.3) is 0 Å². The van der Waals surface area contributed by atoms with Crippen molar-refractivity contribution in [3.05, 3.63) is 29.6 Å². The number of rotatable bonds is 3. The summed E-state index contributed by atoms with van der Waals surface area (Å²) in [4.78, 5) is 4.69. The Morgan fingerprint density at radius 3 is 2.67 bits per heavy atom. The molecule has 2 heteroatoms. The van der Waals surface area contributed by atoms with Gasteiger partial charge in [-0.25, -0.2) is 0 Å². The average Bonchev–Trinajstić information content (AvgIpc) is 2.68. The lowest BCUT2D eigenvalue weighted by atomic mass is 9.79. The van der Waals surface area contributed by atoms with Crippen LogP contribution in [0, 0.1) is 6.92 Å².